The van der Waals surface area contributed by atoms with Crippen molar-refractivity contribution in [1.29, 1.82) is 0 Å². The van der Waals surface area contributed by atoms with Crippen LogP contribution in [0.1, 0.15) is 31.1 Å². The highest BCUT2D eigenvalue weighted by atomic mass is 32.1. The Hall–Kier alpha value is -2.86. The number of ether oxygens (including phenoxy) is 1. The van der Waals surface area contributed by atoms with Crippen molar-refractivity contribution in [2.75, 3.05) is 51.3 Å². The molecular weight excluding hydrogens is 506 g/mol. The summed E-state index contributed by atoms with van der Waals surface area (Å²) in [5.41, 5.74) is 1.58. The van der Waals surface area contributed by atoms with E-state index in [9.17, 15) is 19.5 Å². The molecule has 3 saturated heterocycles. The molecule has 4 heterocycles. The number of amides is 2. The molecule has 0 radical (unpaired) electrons. The molecular formula is C27H35N5O5S. The molecule has 4 atom stereocenters. The lowest BCUT2D eigenvalue weighted by Gasteiger charge is -2.34. The Bertz CT molecular complexity index is 1200. The molecule has 3 aliphatic rings. The standard InChI is InChI=1S/C27H35N5O5S/c1-27(2,3)23(25(36)32-13-19(33)22-21(32)20(34)14-37-22)29-24(35)17-7-5-16(6-8-17)18-15-38-26(28-18)31-11-9-30(4)10-12-31/h5-8,15,19,21-23,33H,9-14H2,1-4H3,(H,29,35)/t19-,21+,22+,23?/m0/s1. The van der Waals surface area contributed by atoms with Crippen molar-refractivity contribution in [2.45, 2.75) is 45.1 Å². The number of nitrogens with zero attached hydrogens (tertiary/aromatic N) is 4. The van der Waals surface area contributed by atoms with Gasteiger partial charge in [0.05, 0.1) is 12.2 Å². The number of aliphatic hydroxyl groups excluding tert-OH is 1. The molecule has 3 fully saturated rings. The number of Topliss-reactive ketones (excluding diaryl/α,β-unsaturated/α-hetero) is 1. The number of nitrogens with one attached hydrogen (secondary N) is 1. The van der Waals surface area contributed by atoms with Gasteiger partial charge in [-0.2, -0.15) is 0 Å². The molecule has 5 rings (SSSR count). The lowest BCUT2D eigenvalue weighted by Crippen LogP contribution is -2.57. The summed E-state index contributed by atoms with van der Waals surface area (Å²) < 4.78 is 5.40. The molecule has 2 N–H and O–H groups in total. The van der Waals surface area contributed by atoms with E-state index in [0.717, 1.165) is 42.6 Å². The Kier molecular flexibility index (Phi) is 7.29. The first-order chi connectivity index (χ1) is 18.0. The molecule has 0 bridgehead atoms. The Balaban J connectivity index is 1.28. The summed E-state index contributed by atoms with van der Waals surface area (Å²) >= 11 is 1.62. The molecule has 1 aromatic carbocycles. The highest BCUT2D eigenvalue weighted by Gasteiger charge is 2.53. The number of carbonyl (C=O) groups excluding carboxylic acids is 3. The molecule has 11 heteroatoms. The van der Waals surface area contributed by atoms with Gasteiger partial charge < -0.3 is 29.9 Å². The number of carbonyl (C=O) groups is 3. The second-order valence-corrected chi connectivity index (χ2v) is 12.2. The maximum Gasteiger partial charge on any atom is 0.251 e. The highest BCUT2D eigenvalue weighted by molar-refractivity contribution is 7.14. The fourth-order valence-electron chi connectivity index (χ4n) is 5.22. The number of hydrogen-bond donors (Lipinski definition) is 2. The Morgan fingerprint density at radius 3 is 2.50 bits per heavy atom. The van der Waals surface area contributed by atoms with Crippen molar-refractivity contribution >= 4 is 34.1 Å². The van der Waals surface area contributed by atoms with Gasteiger partial charge in [-0.05, 0) is 24.6 Å². The minimum atomic E-state index is -0.929. The van der Waals surface area contributed by atoms with Crippen LogP contribution in [0, 0.1) is 5.41 Å². The maximum atomic E-state index is 13.6. The third-order valence-corrected chi connectivity index (χ3v) is 8.44. The number of benzene rings is 1. The van der Waals surface area contributed by atoms with Crippen LogP contribution in [0.5, 0.6) is 0 Å². The second kappa shape index (κ2) is 10.4. The van der Waals surface area contributed by atoms with E-state index < -0.39 is 35.6 Å². The van der Waals surface area contributed by atoms with Crippen molar-refractivity contribution in [2.24, 2.45) is 5.41 Å². The van der Waals surface area contributed by atoms with Crippen LogP contribution in [0.15, 0.2) is 29.6 Å². The molecule has 38 heavy (non-hydrogen) atoms. The first-order valence-electron chi connectivity index (χ1n) is 13.0. The SMILES string of the molecule is CN1CCN(c2nc(-c3ccc(C(=O)NC(C(=O)N4C[C@H](O)[C@H]5OCC(=O)[C@H]54)C(C)(C)C)cc3)cs2)CC1. The predicted octanol–water partition coefficient (Wildman–Crippen LogP) is 1.25. The number of β-amino-alcohol motifs (C(OH)–C–C–N with tert-alkyl or cyclic N) is 1. The summed E-state index contributed by atoms with van der Waals surface area (Å²) in [5.74, 6) is -1.01. The van der Waals surface area contributed by atoms with E-state index in [2.05, 4.69) is 22.2 Å². The Morgan fingerprint density at radius 1 is 1.16 bits per heavy atom. The van der Waals surface area contributed by atoms with E-state index in [-0.39, 0.29) is 24.8 Å². The maximum absolute atomic E-state index is 13.6. The molecule has 204 valence electrons. The lowest BCUT2D eigenvalue weighted by atomic mass is 9.85. The van der Waals surface area contributed by atoms with E-state index in [1.807, 2.05) is 38.3 Å². The average molecular weight is 542 g/mol. The van der Waals surface area contributed by atoms with Crippen LogP contribution >= 0.6 is 11.3 Å². The van der Waals surface area contributed by atoms with E-state index in [0.29, 0.717) is 5.56 Å². The fourth-order valence-corrected chi connectivity index (χ4v) is 6.11. The number of likely N-dealkylation sites (tertiary alicyclic amines) is 1. The van der Waals surface area contributed by atoms with Crippen LogP contribution in [0.4, 0.5) is 5.13 Å². The smallest absolute Gasteiger partial charge is 0.251 e. The number of anilines is 1. The first kappa shape index (κ1) is 26.7. The molecule has 2 amide bonds. The van der Waals surface area contributed by atoms with Crippen LogP contribution in [-0.4, -0.2) is 108 Å². The van der Waals surface area contributed by atoms with Gasteiger partial charge in [0.1, 0.15) is 30.9 Å². The van der Waals surface area contributed by atoms with Gasteiger partial charge in [-0.25, -0.2) is 4.98 Å². The largest absolute Gasteiger partial charge is 0.388 e. The van der Waals surface area contributed by atoms with E-state index >= 15 is 0 Å². The number of piperazine rings is 1. The molecule has 1 aromatic heterocycles. The van der Waals surface area contributed by atoms with Crippen molar-refractivity contribution in [3.8, 4) is 11.3 Å². The summed E-state index contributed by atoms with van der Waals surface area (Å²) in [4.78, 5) is 49.9. The highest BCUT2D eigenvalue weighted by Crippen LogP contribution is 2.31. The third-order valence-electron chi connectivity index (χ3n) is 7.54. The van der Waals surface area contributed by atoms with E-state index in [4.69, 9.17) is 9.72 Å². The monoisotopic (exact) mass is 541 g/mol. The number of likely N-dealkylation sites (N-methyl/N-ethyl adjacent to an activating group) is 1. The predicted molar refractivity (Wildman–Crippen MR) is 144 cm³/mol. The van der Waals surface area contributed by atoms with Gasteiger partial charge in [0.25, 0.3) is 5.91 Å². The van der Waals surface area contributed by atoms with Crippen LogP contribution in [-0.2, 0) is 14.3 Å². The van der Waals surface area contributed by atoms with Gasteiger partial charge >= 0.3 is 0 Å². The summed E-state index contributed by atoms with van der Waals surface area (Å²) in [6.45, 7) is 9.39. The molecule has 3 aliphatic heterocycles. The minimum Gasteiger partial charge on any atom is -0.388 e. The quantitative estimate of drug-likeness (QED) is 0.581. The number of fused-ring (bicyclic) bond motifs is 1. The number of rotatable bonds is 5. The topological polar surface area (TPSA) is 115 Å². The normalized spacial score (nSPS) is 25.0. The third kappa shape index (κ3) is 5.20. The minimum absolute atomic E-state index is 0.000806. The van der Waals surface area contributed by atoms with Gasteiger partial charge in [0.15, 0.2) is 10.9 Å². The van der Waals surface area contributed by atoms with Crippen molar-refractivity contribution in [1.82, 2.24) is 20.1 Å². The van der Waals surface area contributed by atoms with Crippen LogP contribution in [0.25, 0.3) is 11.3 Å². The van der Waals surface area contributed by atoms with Gasteiger partial charge in [0, 0.05) is 42.7 Å². The van der Waals surface area contributed by atoms with Crippen LogP contribution in [0.3, 0.4) is 0 Å². The summed E-state index contributed by atoms with van der Waals surface area (Å²) in [6, 6.07) is 5.48. The Labute approximate surface area is 226 Å². The zero-order chi connectivity index (χ0) is 27.2. The molecule has 2 aromatic rings. The number of aromatic nitrogens is 1. The number of hydrogen-bond acceptors (Lipinski definition) is 9. The molecule has 0 spiro atoms. The number of thiazole rings is 1. The molecule has 0 saturated carbocycles. The zero-order valence-electron chi connectivity index (χ0n) is 22.2. The van der Waals surface area contributed by atoms with Crippen molar-refractivity contribution in [3.63, 3.8) is 0 Å². The zero-order valence-corrected chi connectivity index (χ0v) is 23.0. The summed E-state index contributed by atoms with van der Waals surface area (Å²) in [6.07, 6.45) is -1.64. The van der Waals surface area contributed by atoms with E-state index in [1.54, 1.807) is 23.5 Å². The van der Waals surface area contributed by atoms with Crippen molar-refractivity contribution < 1.29 is 24.2 Å². The van der Waals surface area contributed by atoms with Crippen molar-refractivity contribution in [3.05, 3.63) is 35.2 Å². The van der Waals surface area contributed by atoms with E-state index in [1.165, 1.54) is 4.90 Å². The number of aliphatic hydroxyl groups is 1. The molecule has 10 nitrogen and oxygen atoms in total. The molecule has 0 aliphatic carbocycles. The van der Waals surface area contributed by atoms with Gasteiger partial charge in [-0.15, -0.1) is 11.3 Å². The summed E-state index contributed by atoms with van der Waals surface area (Å²) in [7, 11) is 2.12. The molecule has 1 unspecified atom stereocenters. The fraction of sp³-hybridized carbons (Fsp3) is 0.556. The first-order valence-corrected chi connectivity index (χ1v) is 13.8. The van der Waals surface area contributed by atoms with Gasteiger partial charge in [-0.3, -0.25) is 14.4 Å². The summed E-state index contributed by atoms with van der Waals surface area (Å²) in [5, 5.41) is 16.2. The van der Waals surface area contributed by atoms with Gasteiger partial charge in [0.2, 0.25) is 5.91 Å². The number of ketones is 1. The van der Waals surface area contributed by atoms with Crippen LogP contribution < -0.4 is 10.2 Å². The second-order valence-electron chi connectivity index (χ2n) is 11.4. The Morgan fingerprint density at radius 2 is 1.84 bits per heavy atom. The lowest BCUT2D eigenvalue weighted by molar-refractivity contribution is -0.140. The average Bonchev–Trinajstić information content (AvgIpc) is 3.60. The van der Waals surface area contributed by atoms with Crippen LogP contribution in [0.2, 0.25) is 0 Å². The van der Waals surface area contributed by atoms with Gasteiger partial charge in [-0.1, -0.05) is 32.9 Å².